The topological polar surface area (TPSA) is 67.6 Å². The quantitative estimate of drug-likeness (QED) is 0.387. The second kappa shape index (κ2) is 9.02. The minimum Gasteiger partial charge on any atom is -0.395 e. The fourth-order valence-corrected chi connectivity index (χ4v) is 1.30. The maximum absolute atomic E-state index is 12.0. The van der Waals surface area contributed by atoms with Gasteiger partial charge in [-0.25, -0.2) is 0 Å². The van der Waals surface area contributed by atoms with Crippen molar-refractivity contribution in [1.29, 1.82) is 5.26 Å². The maximum Gasteiger partial charge on any atom is 0.266 e. The van der Waals surface area contributed by atoms with Crippen LogP contribution in [0.5, 0.6) is 0 Å². The summed E-state index contributed by atoms with van der Waals surface area (Å²) in [4.78, 5) is 15.1. The Kier molecular flexibility index (Phi) is 7.99. The molecule has 5 heteroatoms. The Morgan fingerprint density at radius 1 is 1.39 bits per heavy atom. The van der Waals surface area contributed by atoms with Crippen molar-refractivity contribution in [1.82, 2.24) is 9.80 Å². The van der Waals surface area contributed by atoms with Gasteiger partial charge in [0.15, 0.2) is 0 Å². The average Bonchev–Trinajstić information content (AvgIpc) is 2.35. The van der Waals surface area contributed by atoms with E-state index in [2.05, 4.69) is 13.2 Å². The second-order valence-corrected chi connectivity index (χ2v) is 3.65. The fourth-order valence-electron chi connectivity index (χ4n) is 1.30. The monoisotopic (exact) mass is 249 g/mol. The third-order valence-corrected chi connectivity index (χ3v) is 2.14. The van der Waals surface area contributed by atoms with Crippen molar-refractivity contribution in [2.24, 2.45) is 0 Å². The SMILES string of the molecule is C=CCN(CC=C)C(=O)/C(C#N)=C\N(C)CCO. The highest BCUT2D eigenvalue weighted by atomic mass is 16.3. The summed E-state index contributed by atoms with van der Waals surface area (Å²) in [6.45, 7) is 8.17. The van der Waals surface area contributed by atoms with Crippen LogP contribution >= 0.6 is 0 Å². The zero-order valence-corrected chi connectivity index (χ0v) is 10.7. The van der Waals surface area contributed by atoms with Gasteiger partial charge in [-0.15, -0.1) is 13.2 Å². The van der Waals surface area contributed by atoms with Crippen LogP contribution in [0.3, 0.4) is 0 Å². The summed E-state index contributed by atoms with van der Waals surface area (Å²) >= 11 is 0. The number of hydrogen-bond acceptors (Lipinski definition) is 4. The predicted molar refractivity (Wildman–Crippen MR) is 70.4 cm³/mol. The molecule has 0 unspecified atom stereocenters. The molecule has 0 saturated carbocycles. The van der Waals surface area contributed by atoms with Crippen LogP contribution in [0, 0.1) is 11.3 Å². The molecule has 0 aliphatic heterocycles. The number of rotatable bonds is 8. The molecule has 0 aliphatic carbocycles. The number of aliphatic hydroxyl groups excluding tert-OH is 1. The van der Waals surface area contributed by atoms with Gasteiger partial charge < -0.3 is 14.9 Å². The zero-order chi connectivity index (χ0) is 14.0. The van der Waals surface area contributed by atoms with E-state index in [4.69, 9.17) is 10.4 Å². The van der Waals surface area contributed by atoms with E-state index in [1.165, 1.54) is 11.1 Å². The standard InChI is InChI=1S/C13H19N3O2/c1-4-6-16(7-5-2)13(18)12(10-14)11-15(3)8-9-17/h4-5,11,17H,1-2,6-9H2,3H3/b12-11-. The first-order chi connectivity index (χ1) is 8.60. The molecule has 0 aromatic heterocycles. The minimum atomic E-state index is -0.373. The van der Waals surface area contributed by atoms with Crippen molar-refractivity contribution in [3.63, 3.8) is 0 Å². The molecule has 0 rings (SSSR count). The Morgan fingerprint density at radius 2 is 1.94 bits per heavy atom. The van der Waals surface area contributed by atoms with E-state index in [9.17, 15) is 4.79 Å². The van der Waals surface area contributed by atoms with E-state index >= 15 is 0 Å². The van der Waals surface area contributed by atoms with Gasteiger partial charge in [-0.3, -0.25) is 4.79 Å². The van der Waals surface area contributed by atoms with Crippen LogP contribution in [-0.4, -0.2) is 54.1 Å². The van der Waals surface area contributed by atoms with Gasteiger partial charge in [0.1, 0.15) is 11.6 Å². The molecule has 0 aliphatic rings. The number of amides is 1. The molecule has 98 valence electrons. The fraction of sp³-hybridized carbons (Fsp3) is 0.385. The third-order valence-electron chi connectivity index (χ3n) is 2.14. The Hall–Kier alpha value is -2.06. The summed E-state index contributed by atoms with van der Waals surface area (Å²) in [6.07, 6.45) is 4.61. The lowest BCUT2D eigenvalue weighted by Crippen LogP contribution is -2.33. The first-order valence-corrected chi connectivity index (χ1v) is 5.54. The van der Waals surface area contributed by atoms with Crippen molar-refractivity contribution in [3.05, 3.63) is 37.1 Å². The van der Waals surface area contributed by atoms with E-state index in [1.54, 1.807) is 24.1 Å². The number of aliphatic hydroxyl groups is 1. The molecule has 0 heterocycles. The van der Waals surface area contributed by atoms with Gasteiger partial charge in [-0.2, -0.15) is 5.26 Å². The van der Waals surface area contributed by atoms with E-state index in [0.717, 1.165) is 0 Å². The predicted octanol–water partition coefficient (Wildman–Crippen LogP) is 0.519. The van der Waals surface area contributed by atoms with Crippen molar-refractivity contribution >= 4 is 5.91 Å². The van der Waals surface area contributed by atoms with Gasteiger partial charge in [-0.1, -0.05) is 12.2 Å². The Labute approximate surface area is 108 Å². The largest absolute Gasteiger partial charge is 0.395 e. The van der Waals surface area contributed by atoms with Crippen molar-refractivity contribution in [3.8, 4) is 6.07 Å². The molecule has 5 nitrogen and oxygen atoms in total. The Bertz CT molecular complexity index is 359. The summed E-state index contributed by atoms with van der Waals surface area (Å²) in [5.74, 6) is -0.373. The van der Waals surface area contributed by atoms with Crippen molar-refractivity contribution in [2.45, 2.75) is 0 Å². The van der Waals surface area contributed by atoms with Crippen molar-refractivity contribution in [2.75, 3.05) is 33.3 Å². The van der Waals surface area contributed by atoms with Gasteiger partial charge >= 0.3 is 0 Å². The first kappa shape index (κ1) is 15.9. The van der Waals surface area contributed by atoms with Gasteiger partial charge in [0.05, 0.1) is 6.61 Å². The molecule has 0 aromatic carbocycles. The molecule has 0 spiro atoms. The van der Waals surface area contributed by atoms with Gasteiger partial charge in [0.2, 0.25) is 0 Å². The third kappa shape index (κ3) is 5.32. The molecule has 1 amide bonds. The number of likely N-dealkylation sites (N-methyl/N-ethyl adjacent to an activating group) is 1. The molecular weight excluding hydrogens is 230 g/mol. The highest BCUT2D eigenvalue weighted by Crippen LogP contribution is 2.03. The Balaban J connectivity index is 4.92. The van der Waals surface area contributed by atoms with Crippen LogP contribution in [0.2, 0.25) is 0 Å². The molecule has 0 atom stereocenters. The molecule has 0 bridgehead atoms. The van der Waals surface area contributed by atoms with E-state index in [0.29, 0.717) is 19.6 Å². The maximum atomic E-state index is 12.0. The van der Waals surface area contributed by atoms with Gasteiger partial charge in [0.25, 0.3) is 5.91 Å². The van der Waals surface area contributed by atoms with E-state index in [-0.39, 0.29) is 18.1 Å². The van der Waals surface area contributed by atoms with Crippen LogP contribution in [0.4, 0.5) is 0 Å². The summed E-state index contributed by atoms with van der Waals surface area (Å²) in [6, 6.07) is 1.87. The van der Waals surface area contributed by atoms with E-state index < -0.39 is 0 Å². The lowest BCUT2D eigenvalue weighted by molar-refractivity contribution is -0.125. The van der Waals surface area contributed by atoms with E-state index in [1.807, 2.05) is 6.07 Å². The van der Waals surface area contributed by atoms with Crippen LogP contribution in [0.15, 0.2) is 37.1 Å². The summed E-state index contributed by atoms with van der Waals surface area (Å²) in [7, 11) is 1.69. The number of carbonyl (C=O) groups excluding carboxylic acids is 1. The molecule has 0 saturated heterocycles. The van der Waals surface area contributed by atoms with Crippen LogP contribution in [-0.2, 0) is 4.79 Å². The van der Waals surface area contributed by atoms with Crippen molar-refractivity contribution < 1.29 is 9.90 Å². The normalized spacial score (nSPS) is 10.4. The van der Waals surface area contributed by atoms with Crippen LogP contribution < -0.4 is 0 Å². The summed E-state index contributed by atoms with van der Waals surface area (Å²) < 4.78 is 0. The summed E-state index contributed by atoms with van der Waals surface area (Å²) in [5, 5.41) is 17.8. The molecular formula is C13H19N3O2. The average molecular weight is 249 g/mol. The minimum absolute atomic E-state index is 0.0228. The second-order valence-electron chi connectivity index (χ2n) is 3.65. The molecule has 0 radical (unpaired) electrons. The smallest absolute Gasteiger partial charge is 0.266 e. The molecule has 18 heavy (non-hydrogen) atoms. The molecule has 1 N–H and O–H groups in total. The van der Waals surface area contributed by atoms with Crippen LogP contribution in [0.25, 0.3) is 0 Å². The first-order valence-electron chi connectivity index (χ1n) is 5.54. The van der Waals surface area contributed by atoms with Gasteiger partial charge in [0, 0.05) is 32.9 Å². The Morgan fingerprint density at radius 3 is 2.33 bits per heavy atom. The highest BCUT2D eigenvalue weighted by molar-refractivity contribution is 5.97. The number of nitriles is 1. The summed E-state index contributed by atoms with van der Waals surface area (Å²) in [5.41, 5.74) is 0.0228. The zero-order valence-electron chi connectivity index (χ0n) is 10.7. The molecule has 0 fully saturated rings. The molecule has 0 aromatic rings. The van der Waals surface area contributed by atoms with Crippen LogP contribution in [0.1, 0.15) is 0 Å². The number of nitrogens with zero attached hydrogens (tertiary/aromatic N) is 3. The number of carbonyl (C=O) groups is 1. The highest BCUT2D eigenvalue weighted by Gasteiger charge is 2.16. The lowest BCUT2D eigenvalue weighted by atomic mass is 10.2. The lowest BCUT2D eigenvalue weighted by Gasteiger charge is -2.20. The number of hydrogen-bond donors (Lipinski definition) is 1. The van der Waals surface area contributed by atoms with Gasteiger partial charge in [-0.05, 0) is 0 Å².